The van der Waals surface area contributed by atoms with Gasteiger partial charge in [0.05, 0.1) is 4.47 Å². The first-order valence-electron chi connectivity index (χ1n) is 5.85. The van der Waals surface area contributed by atoms with Crippen LogP contribution in [0.2, 0.25) is 0 Å². The third-order valence-corrected chi connectivity index (χ3v) is 4.45. The van der Waals surface area contributed by atoms with Crippen molar-refractivity contribution in [2.24, 2.45) is 5.92 Å². The van der Waals surface area contributed by atoms with Gasteiger partial charge in [-0.2, -0.15) is 0 Å². The molecule has 1 nitrogen and oxygen atoms in total. The van der Waals surface area contributed by atoms with Crippen molar-refractivity contribution in [2.45, 2.75) is 25.9 Å². The molecular formula is C13H16BrClFN. The normalized spacial score (nSPS) is 25.4. The maximum absolute atomic E-state index is 13.1. The zero-order valence-electron chi connectivity index (χ0n) is 9.80. The summed E-state index contributed by atoms with van der Waals surface area (Å²) in [5.74, 6) is 1.11. The van der Waals surface area contributed by atoms with Gasteiger partial charge in [0.15, 0.2) is 0 Å². The van der Waals surface area contributed by atoms with E-state index in [-0.39, 0.29) is 5.82 Å². The van der Waals surface area contributed by atoms with Crippen LogP contribution in [0.5, 0.6) is 0 Å². The molecular weight excluding hydrogens is 305 g/mol. The topological polar surface area (TPSA) is 3.24 Å². The summed E-state index contributed by atoms with van der Waals surface area (Å²) in [5, 5.41) is 0. The lowest BCUT2D eigenvalue weighted by molar-refractivity contribution is 0.242. The molecule has 1 fully saturated rings. The Morgan fingerprint density at radius 1 is 1.53 bits per heavy atom. The second-order valence-corrected chi connectivity index (χ2v) is 5.87. The molecule has 0 spiro atoms. The van der Waals surface area contributed by atoms with Crippen LogP contribution in [0, 0.1) is 11.7 Å². The summed E-state index contributed by atoms with van der Waals surface area (Å²) >= 11 is 9.23. The van der Waals surface area contributed by atoms with Gasteiger partial charge in [0, 0.05) is 18.5 Å². The van der Waals surface area contributed by atoms with E-state index in [2.05, 4.69) is 27.8 Å². The van der Waals surface area contributed by atoms with Crippen LogP contribution in [-0.2, 0) is 6.54 Å². The average Bonchev–Trinajstić information content (AvgIpc) is 2.64. The molecule has 1 saturated heterocycles. The summed E-state index contributed by atoms with van der Waals surface area (Å²) in [6.45, 7) is 4.17. The molecule has 2 atom stereocenters. The van der Waals surface area contributed by atoms with Gasteiger partial charge in [-0.25, -0.2) is 4.39 Å². The largest absolute Gasteiger partial charge is 0.295 e. The third-order valence-electron chi connectivity index (χ3n) is 3.53. The van der Waals surface area contributed by atoms with Crippen molar-refractivity contribution in [1.82, 2.24) is 4.90 Å². The van der Waals surface area contributed by atoms with E-state index in [9.17, 15) is 4.39 Å². The fourth-order valence-electron chi connectivity index (χ4n) is 2.41. The number of hydrogen-bond acceptors (Lipinski definition) is 1. The summed E-state index contributed by atoms with van der Waals surface area (Å²) in [5.41, 5.74) is 1.13. The van der Waals surface area contributed by atoms with Crippen molar-refractivity contribution in [1.29, 1.82) is 0 Å². The highest BCUT2D eigenvalue weighted by Gasteiger charge is 2.30. The van der Waals surface area contributed by atoms with Crippen LogP contribution in [0.15, 0.2) is 22.7 Å². The Kier molecular flexibility index (Phi) is 4.45. The van der Waals surface area contributed by atoms with Crippen molar-refractivity contribution < 1.29 is 4.39 Å². The Morgan fingerprint density at radius 3 is 2.94 bits per heavy atom. The molecule has 0 amide bonds. The van der Waals surface area contributed by atoms with E-state index in [1.807, 2.05) is 12.1 Å². The number of halogens is 3. The van der Waals surface area contributed by atoms with Crippen molar-refractivity contribution >= 4 is 27.5 Å². The van der Waals surface area contributed by atoms with Crippen molar-refractivity contribution in [2.75, 3.05) is 12.4 Å². The smallest absolute Gasteiger partial charge is 0.137 e. The van der Waals surface area contributed by atoms with E-state index in [0.717, 1.165) is 18.7 Å². The first kappa shape index (κ1) is 13.3. The Labute approximate surface area is 115 Å². The third kappa shape index (κ3) is 3.01. The fraction of sp³-hybridized carbons (Fsp3) is 0.538. The molecule has 1 aromatic rings. The van der Waals surface area contributed by atoms with Gasteiger partial charge in [0.25, 0.3) is 0 Å². The lowest BCUT2D eigenvalue weighted by Gasteiger charge is -2.25. The molecule has 1 aliphatic rings. The highest BCUT2D eigenvalue weighted by atomic mass is 79.9. The lowest BCUT2D eigenvalue weighted by atomic mass is 10.0. The number of likely N-dealkylation sites (tertiary alicyclic amines) is 1. The maximum Gasteiger partial charge on any atom is 0.137 e. The van der Waals surface area contributed by atoms with E-state index >= 15 is 0 Å². The van der Waals surface area contributed by atoms with Gasteiger partial charge in [-0.1, -0.05) is 13.0 Å². The van der Waals surface area contributed by atoms with Crippen molar-refractivity contribution in [3.05, 3.63) is 34.1 Å². The molecule has 0 N–H and O–H groups in total. The zero-order chi connectivity index (χ0) is 12.4. The molecule has 1 heterocycles. The van der Waals surface area contributed by atoms with Crippen LogP contribution in [0.3, 0.4) is 0 Å². The molecule has 0 radical (unpaired) electrons. The Hall–Kier alpha value is -0.120. The van der Waals surface area contributed by atoms with Crippen LogP contribution in [-0.4, -0.2) is 23.4 Å². The fourth-order valence-corrected chi connectivity index (χ4v) is 3.33. The van der Waals surface area contributed by atoms with Gasteiger partial charge < -0.3 is 0 Å². The van der Waals surface area contributed by atoms with Crippen molar-refractivity contribution in [3.63, 3.8) is 0 Å². The van der Waals surface area contributed by atoms with Crippen molar-refractivity contribution in [3.8, 4) is 0 Å². The molecule has 0 aromatic heterocycles. The Bertz CT molecular complexity index is 399. The maximum atomic E-state index is 13.1. The molecule has 2 unspecified atom stereocenters. The summed E-state index contributed by atoms with van der Waals surface area (Å²) < 4.78 is 13.7. The number of alkyl halides is 1. The highest BCUT2D eigenvalue weighted by Crippen LogP contribution is 2.27. The summed E-state index contributed by atoms with van der Waals surface area (Å²) in [6, 6.07) is 5.65. The molecule has 0 saturated carbocycles. The van der Waals surface area contributed by atoms with Crippen LogP contribution in [0.1, 0.15) is 18.9 Å². The number of benzene rings is 1. The van der Waals surface area contributed by atoms with Gasteiger partial charge in [0.1, 0.15) is 5.82 Å². The van der Waals surface area contributed by atoms with E-state index in [1.165, 1.54) is 12.5 Å². The van der Waals surface area contributed by atoms with Gasteiger partial charge in [-0.3, -0.25) is 4.90 Å². The number of rotatable bonds is 3. The average molecular weight is 321 g/mol. The quantitative estimate of drug-likeness (QED) is 0.760. The van der Waals surface area contributed by atoms with Gasteiger partial charge in [-0.05, 0) is 52.5 Å². The monoisotopic (exact) mass is 319 g/mol. The summed E-state index contributed by atoms with van der Waals surface area (Å²) in [7, 11) is 0. The van der Waals surface area contributed by atoms with Crippen LogP contribution < -0.4 is 0 Å². The Morgan fingerprint density at radius 2 is 2.29 bits per heavy atom. The molecule has 17 heavy (non-hydrogen) atoms. The molecule has 2 rings (SSSR count). The Balaban J connectivity index is 2.07. The second-order valence-electron chi connectivity index (χ2n) is 4.71. The lowest BCUT2D eigenvalue weighted by Crippen LogP contribution is -2.33. The molecule has 4 heteroatoms. The predicted octanol–water partition coefficient (Wildman–Crippen LogP) is 4.04. The van der Waals surface area contributed by atoms with Gasteiger partial charge in [0.2, 0.25) is 0 Å². The predicted molar refractivity (Wildman–Crippen MR) is 72.8 cm³/mol. The highest BCUT2D eigenvalue weighted by molar-refractivity contribution is 9.10. The van der Waals surface area contributed by atoms with E-state index in [1.54, 1.807) is 0 Å². The first-order chi connectivity index (χ1) is 8.11. The first-order valence-corrected chi connectivity index (χ1v) is 7.18. The van der Waals surface area contributed by atoms with Crippen LogP contribution in [0.25, 0.3) is 0 Å². The minimum Gasteiger partial charge on any atom is -0.295 e. The van der Waals surface area contributed by atoms with Crippen LogP contribution in [0.4, 0.5) is 4.39 Å². The van der Waals surface area contributed by atoms with E-state index in [4.69, 9.17) is 11.6 Å². The second kappa shape index (κ2) is 5.68. The molecule has 0 aliphatic carbocycles. The molecule has 0 bridgehead atoms. The van der Waals surface area contributed by atoms with Crippen LogP contribution >= 0.6 is 27.5 Å². The summed E-state index contributed by atoms with van der Waals surface area (Å²) in [4.78, 5) is 2.39. The standard InChI is InChI=1S/C13H16BrClFN/c1-9-4-5-17(13(9)7-15)8-10-2-3-12(16)11(14)6-10/h2-3,6,9,13H,4-5,7-8H2,1H3. The molecule has 94 valence electrons. The van der Waals surface area contributed by atoms with Gasteiger partial charge in [-0.15, -0.1) is 11.6 Å². The number of hydrogen-bond donors (Lipinski definition) is 0. The molecule has 1 aromatic carbocycles. The zero-order valence-corrected chi connectivity index (χ0v) is 12.1. The minimum atomic E-state index is -0.211. The summed E-state index contributed by atoms with van der Waals surface area (Å²) in [6.07, 6.45) is 1.19. The van der Waals surface area contributed by atoms with Gasteiger partial charge >= 0.3 is 0 Å². The SMILES string of the molecule is CC1CCN(Cc2ccc(F)c(Br)c2)C1CCl. The number of nitrogens with zero attached hydrogens (tertiary/aromatic N) is 1. The minimum absolute atomic E-state index is 0.211. The van der Waals surface area contributed by atoms with E-state index in [0.29, 0.717) is 22.3 Å². The molecule has 1 aliphatic heterocycles. The van der Waals surface area contributed by atoms with E-state index < -0.39 is 0 Å².